The number of hydrogen-bond donors (Lipinski definition) is 2. The molecule has 0 spiro atoms. The zero-order chi connectivity index (χ0) is 13.1. The summed E-state index contributed by atoms with van der Waals surface area (Å²) in [5, 5.41) is 6.28. The Kier molecular flexibility index (Phi) is 4.80. The first-order valence-electron chi connectivity index (χ1n) is 6.48. The van der Waals surface area contributed by atoms with Crippen LogP contribution in [0.25, 0.3) is 0 Å². The molecule has 17 heavy (non-hydrogen) atoms. The number of carbonyl (C=O) groups excluding carboxylic acids is 1. The first-order chi connectivity index (χ1) is 7.78. The van der Waals surface area contributed by atoms with Gasteiger partial charge in [-0.15, -0.1) is 0 Å². The SMILES string of the molecule is CC(CNC(=O)OC(C)(C)C)CNC1CC1C. The molecule has 0 bridgehead atoms. The van der Waals surface area contributed by atoms with E-state index in [1.807, 2.05) is 20.8 Å². The monoisotopic (exact) mass is 242 g/mol. The minimum Gasteiger partial charge on any atom is -0.444 e. The molecule has 3 unspecified atom stereocenters. The van der Waals surface area contributed by atoms with Crippen LogP contribution in [0.4, 0.5) is 4.79 Å². The summed E-state index contributed by atoms with van der Waals surface area (Å²) >= 11 is 0. The predicted molar refractivity (Wildman–Crippen MR) is 69.0 cm³/mol. The van der Waals surface area contributed by atoms with E-state index in [9.17, 15) is 4.79 Å². The van der Waals surface area contributed by atoms with Crippen LogP contribution in [0.15, 0.2) is 0 Å². The van der Waals surface area contributed by atoms with Crippen molar-refractivity contribution < 1.29 is 9.53 Å². The first-order valence-corrected chi connectivity index (χ1v) is 6.48. The summed E-state index contributed by atoms with van der Waals surface area (Å²) in [7, 11) is 0. The molecular formula is C13H26N2O2. The highest BCUT2D eigenvalue weighted by Gasteiger charge is 2.31. The molecule has 4 nitrogen and oxygen atoms in total. The second-order valence-electron chi connectivity index (χ2n) is 6.22. The van der Waals surface area contributed by atoms with Gasteiger partial charge in [-0.1, -0.05) is 13.8 Å². The van der Waals surface area contributed by atoms with Gasteiger partial charge in [-0.25, -0.2) is 4.79 Å². The molecule has 100 valence electrons. The fraction of sp³-hybridized carbons (Fsp3) is 0.923. The summed E-state index contributed by atoms with van der Waals surface area (Å²) in [6, 6.07) is 0.693. The van der Waals surface area contributed by atoms with Crippen LogP contribution in [0, 0.1) is 11.8 Å². The molecule has 1 aliphatic rings. The van der Waals surface area contributed by atoms with Gasteiger partial charge in [0.1, 0.15) is 5.60 Å². The average molecular weight is 242 g/mol. The number of hydrogen-bond acceptors (Lipinski definition) is 3. The van der Waals surface area contributed by atoms with Crippen LogP contribution >= 0.6 is 0 Å². The molecule has 2 N–H and O–H groups in total. The molecule has 3 atom stereocenters. The Labute approximate surface area is 104 Å². The Hall–Kier alpha value is -0.770. The fourth-order valence-corrected chi connectivity index (χ4v) is 1.60. The highest BCUT2D eigenvalue weighted by atomic mass is 16.6. The van der Waals surface area contributed by atoms with Crippen LogP contribution in [0.2, 0.25) is 0 Å². The number of amides is 1. The lowest BCUT2D eigenvalue weighted by Crippen LogP contribution is -2.37. The smallest absolute Gasteiger partial charge is 0.407 e. The maximum Gasteiger partial charge on any atom is 0.407 e. The van der Waals surface area contributed by atoms with Gasteiger partial charge in [0.15, 0.2) is 0 Å². The van der Waals surface area contributed by atoms with Crippen molar-refractivity contribution in [3.63, 3.8) is 0 Å². The highest BCUT2D eigenvalue weighted by Crippen LogP contribution is 2.28. The third kappa shape index (κ3) is 6.51. The van der Waals surface area contributed by atoms with Gasteiger partial charge in [0.2, 0.25) is 0 Å². The molecule has 4 heteroatoms. The second kappa shape index (κ2) is 5.71. The van der Waals surface area contributed by atoms with Crippen molar-refractivity contribution in [3.8, 4) is 0 Å². The van der Waals surface area contributed by atoms with Crippen LogP contribution in [0.1, 0.15) is 41.0 Å². The van der Waals surface area contributed by atoms with Gasteiger partial charge >= 0.3 is 6.09 Å². The minimum absolute atomic E-state index is 0.330. The van der Waals surface area contributed by atoms with Gasteiger partial charge in [-0.05, 0) is 45.6 Å². The van der Waals surface area contributed by atoms with Crippen LogP contribution in [-0.4, -0.2) is 30.8 Å². The third-order valence-electron chi connectivity index (χ3n) is 2.83. The van der Waals surface area contributed by atoms with E-state index in [0.29, 0.717) is 18.5 Å². The Morgan fingerprint density at radius 2 is 2.00 bits per heavy atom. The lowest BCUT2D eigenvalue weighted by atomic mass is 10.2. The predicted octanol–water partition coefficient (Wildman–Crippen LogP) is 2.15. The number of rotatable bonds is 5. The normalized spacial score (nSPS) is 25.2. The zero-order valence-electron chi connectivity index (χ0n) is 11.7. The molecule has 1 saturated carbocycles. The van der Waals surface area contributed by atoms with Crippen LogP contribution in [0.3, 0.4) is 0 Å². The lowest BCUT2D eigenvalue weighted by molar-refractivity contribution is 0.0520. The van der Waals surface area contributed by atoms with E-state index in [4.69, 9.17) is 4.74 Å². The molecule has 0 aliphatic heterocycles. The molecule has 0 aromatic rings. The van der Waals surface area contributed by atoms with Crippen LogP contribution < -0.4 is 10.6 Å². The van der Waals surface area contributed by atoms with Gasteiger partial charge in [0.05, 0.1) is 0 Å². The summed E-state index contributed by atoms with van der Waals surface area (Å²) in [6.07, 6.45) is 0.954. The molecule has 0 heterocycles. The molecular weight excluding hydrogens is 216 g/mol. The first kappa shape index (κ1) is 14.3. The maximum absolute atomic E-state index is 11.4. The van der Waals surface area contributed by atoms with Gasteiger partial charge in [-0.3, -0.25) is 0 Å². The van der Waals surface area contributed by atoms with Gasteiger partial charge in [0.25, 0.3) is 0 Å². The molecule has 0 aromatic heterocycles. The molecule has 1 aliphatic carbocycles. The minimum atomic E-state index is -0.422. The van der Waals surface area contributed by atoms with E-state index in [-0.39, 0.29) is 6.09 Å². The summed E-state index contributed by atoms with van der Waals surface area (Å²) in [4.78, 5) is 11.4. The van der Waals surface area contributed by atoms with E-state index >= 15 is 0 Å². The van der Waals surface area contributed by atoms with Crippen LogP contribution in [0.5, 0.6) is 0 Å². The Morgan fingerprint density at radius 3 is 2.47 bits per heavy atom. The summed E-state index contributed by atoms with van der Waals surface area (Å²) in [5.74, 6) is 1.25. The average Bonchev–Trinajstić information content (AvgIpc) is 2.86. The van der Waals surface area contributed by atoms with E-state index in [2.05, 4.69) is 24.5 Å². The van der Waals surface area contributed by atoms with Crippen molar-refractivity contribution in [2.45, 2.75) is 52.7 Å². The highest BCUT2D eigenvalue weighted by molar-refractivity contribution is 5.67. The zero-order valence-corrected chi connectivity index (χ0v) is 11.7. The van der Waals surface area contributed by atoms with Crippen LogP contribution in [-0.2, 0) is 4.74 Å². The number of nitrogens with one attached hydrogen (secondary N) is 2. The molecule has 0 saturated heterocycles. The van der Waals surface area contributed by atoms with Crippen molar-refractivity contribution >= 4 is 6.09 Å². The van der Waals surface area contributed by atoms with Crippen molar-refractivity contribution in [2.75, 3.05) is 13.1 Å². The largest absolute Gasteiger partial charge is 0.444 e. The van der Waals surface area contributed by atoms with Crippen molar-refractivity contribution in [1.29, 1.82) is 0 Å². The lowest BCUT2D eigenvalue weighted by Gasteiger charge is -2.21. The summed E-state index contributed by atoms with van der Waals surface area (Å²) in [5.41, 5.74) is -0.422. The molecule has 1 amide bonds. The van der Waals surface area contributed by atoms with E-state index < -0.39 is 5.60 Å². The Balaban J connectivity index is 2.06. The van der Waals surface area contributed by atoms with Crippen molar-refractivity contribution in [3.05, 3.63) is 0 Å². The molecule has 1 rings (SSSR count). The summed E-state index contributed by atoms with van der Waals surface area (Å²) in [6.45, 7) is 11.6. The van der Waals surface area contributed by atoms with Gasteiger partial charge in [-0.2, -0.15) is 0 Å². The number of ether oxygens (including phenoxy) is 1. The van der Waals surface area contributed by atoms with E-state index in [1.165, 1.54) is 6.42 Å². The van der Waals surface area contributed by atoms with Crippen molar-refractivity contribution in [2.24, 2.45) is 11.8 Å². The number of carbonyl (C=O) groups is 1. The molecule has 0 radical (unpaired) electrons. The van der Waals surface area contributed by atoms with E-state index in [0.717, 1.165) is 12.5 Å². The van der Waals surface area contributed by atoms with Gasteiger partial charge in [0, 0.05) is 12.6 Å². The maximum atomic E-state index is 11.4. The topological polar surface area (TPSA) is 50.4 Å². The Bertz CT molecular complexity index is 261. The van der Waals surface area contributed by atoms with E-state index in [1.54, 1.807) is 0 Å². The summed E-state index contributed by atoms with van der Waals surface area (Å²) < 4.78 is 5.17. The van der Waals surface area contributed by atoms with Gasteiger partial charge < -0.3 is 15.4 Å². The number of alkyl carbamates (subject to hydrolysis) is 1. The standard InChI is InChI=1S/C13H26N2O2/c1-9(7-14-11-6-10(11)2)8-15-12(16)17-13(3,4)5/h9-11,14H,6-8H2,1-5H3,(H,15,16). The second-order valence-corrected chi connectivity index (χ2v) is 6.22. The van der Waals surface area contributed by atoms with Crippen molar-refractivity contribution in [1.82, 2.24) is 10.6 Å². The third-order valence-corrected chi connectivity index (χ3v) is 2.83. The molecule has 1 fully saturated rings. The quantitative estimate of drug-likeness (QED) is 0.776. The Morgan fingerprint density at radius 1 is 1.41 bits per heavy atom. The molecule has 0 aromatic carbocycles. The fourth-order valence-electron chi connectivity index (χ4n) is 1.60.